The standard InChI is InChI=1S/C15H24O4/c1-12(2,17)10-5-7-13(3)11(16)6-8-14(4,18)15(13,19)9-10/h6,8,10,17-19H,5,7,9H2,1-4H3. The number of aliphatic hydroxyl groups is 3. The van der Waals surface area contributed by atoms with Crippen LogP contribution in [0.1, 0.15) is 47.0 Å². The zero-order valence-electron chi connectivity index (χ0n) is 12.1. The van der Waals surface area contributed by atoms with Gasteiger partial charge in [-0.3, -0.25) is 4.79 Å². The van der Waals surface area contributed by atoms with E-state index in [1.54, 1.807) is 20.8 Å². The van der Waals surface area contributed by atoms with Crippen molar-refractivity contribution in [3.63, 3.8) is 0 Å². The van der Waals surface area contributed by atoms with Crippen LogP contribution >= 0.6 is 0 Å². The molecule has 0 aliphatic heterocycles. The van der Waals surface area contributed by atoms with Crippen molar-refractivity contribution < 1.29 is 20.1 Å². The second kappa shape index (κ2) is 3.90. The molecule has 2 aliphatic rings. The quantitative estimate of drug-likeness (QED) is 0.667. The van der Waals surface area contributed by atoms with Gasteiger partial charge >= 0.3 is 0 Å². The van der Waals surface area contributed by atoms with Crippen molar-refractivity contribution >= 4 is 5.78 Å². The molecule has 0 radical (unpaired) electrons. The van der Waals surface area contributed by atoms with Crippen LogP contribution in [0.2, 0.25) is 0 Å². The molecule has 4 unspecified atom stereocenters. The van der Waals surface area contributed by atoms with E-state index in [-0.39, 0.29) is 18.1 Å². The van der Waals surface area contributed by atoms with Gasteiger partial charge in [-0.05, 0) is 65.0 Å². The molecule has 0 heterocycles. The van der Waals surface area contributed by atoms with Crippen LogP contribution in [0.15, 0.2) is 12.2 Å². The maximum atomic E-state index is 12.2. The minimum atomic E-state index is -1.53. The smallest absolute Gasteiger partial charge is 0.164 e. The Hall–Kier alpha value is -0.710. The molecule has 1 fully saturated rings. The summed E-state index contributed by atoms with van der Waals surface area (Å²) in [6.45, 7) is 6.66. The van der Waals surface area contributed by atoms with Crippen molar-refractivity contribution in [2.24, 2.45) is 11.3 Å². The average molecular weight is 268 g/mol. The summed E-state index contributed by atoms with van der Waals surface area (Å²) in [5.74, 6) is -0.285. The van der Waals surface area contributed by atoms with E-state index in [0.29, 0.717) is 12.8 Å². The topological polar surface area (TPSA) is 77.8 Å². The van der Waals surface area contributed by atoms with Crippen LogP contribution in [0.5, 0.6) is 0 Å². The number of fused-ring (bicyclic) bond motifs is 1. The number of hydrogen-bond acceptors (Lipinski definition) is 4. The lowest BCUT2D eigenvalue weighted by Crippen LogP contribution is -2.68. The highest BCUT2D eigenvalue weighted by molar-refractivity contribution is 5.97. The second-order valence-corrected chi connectivity index (χ2v) is 7.13. The fourth-order valence-corrected chi connectivity index (χ4v) is 3.61. The molecule has 0 bridgehead atoms. The van der Waals surface area contributed by atoms with Gasteiger partial charge in [-0.25, -0.2) is 0 Å². The monoisotopic (exact) mass is 268 g/mol. The summed E-state index contributed by atoms with van der Waals surface area (Å²) in [6, 6.07) is 0. The SMILES string of the molecule is CC(C)(O)C1CCC2(C)C(=O)C=CC(C)(O)C2(O)C1. The van der Waals surface area contributed by atoms with Crippen LogP contribution in [0.25, 0.3) is 0 Å². The largest absolute Gasteiger partial charge is 0.390 e. The summed E-state index contributed by atoms with van der Waals surface area (Å²) >= 11 is 0. The van der Waals surface area contributed by atoms with Crippen molar-refractivity contribution in [3.05, 3.63) is 12.2 Å². The Morgan fingerprint density at radius 2 is 1.89 bits per heavy atom. The third-order valence-electron chi connectivity index (χ3n) is 5.39. The first-order valence-corrected chi connectivity index (χ1v) is 6.85. The molecule has 4 heteroatoms. The highest BCUT2D eigenvalue weighted by atomic mass is 16.4. The van der Waals surface area contributed by atoms with Crippen molar-refractivity contribution in [2.75, 3.05) is 0 Å². The molecule has 108 valence electrons. The Morgan fingerprint density at radius 3 is 2.42 bits per heavy atom. The number of carbonyl (C=O) groups excluding carboxylic acids is 1. The van der Waals surface area contributed by atoms with Gasteiger partial charge in [0.05, 0.1) is 11.0 Å². The molecule has 1 saturated carbocycles. The molecule has 0 aromatic carbocycles. The summed E-state index contributed by atoms with van der Waals surface area (Å²) < 4.78 is 0. The number of ketones is 1. The number of hydrogen-bond donors (Lipinski definition) is 3. The molecular weight excluding hydrogens is 244 g/mol. The maximum Gasteiger partial charge on any atom is 0.164 e. The number of rotatable bonds is 1. The second-order valence-electron chi connectivity index (χ2n) is 7.13. The highest BCUT2D eigenvalue weighted by Crippen LogP contribution is 2.56. The predicted octanol–water partition coefficient (Wildman–Crippen LogP) is 1.18. The maximum absolute atomic E-state index is 12.2. The third kappa shape index (κ3) is 1.89. The summed E-state index contributed by atoms with van der Waals surface area (Å²) in [6.07, 6.45) is 4.11. The van der Waals surface area contributed by atoms with Crippen LogP contribution in [0, 0.1) is 11.3 Å². The molecule has 0 spiro atoms. The van der Waals surface area contributed by atoms with Crippen LogP contribution in [-0.4, -0.2) is 37.9 Å². The number of allylic oxidation sites excluding steroid dienone is 1. The summed E-state index contributed by atoms with van der Waals surface area (Å²) in [4.78, 5) is 12.2. The molecular formula is C15H24O4. The molecule has 19 heavy (non-hydrogen) atoms. The average Bonchev–Trinajstić information content (AvgIpc) is 2.26. The van der Waals surface area contributed by atoms with Gasteiger partial charge in [-0.2, -0.15) is 0 Å². The lowest BCUT2D eigenvalue weighted by atomic mass is 9.50. The molecule has 0 aromatic rings. The van der Waals surface area contributed by atoms with Crippen LogP contribution in [0.3, 0.4) is 0 Å². The molecule has 0 saturated heterocycles. The van der Waals surface area contributed by atoms with Crippen molar-refractivity contribution in [3.8, 4) is 0 Å². The van der Waals surface area contributed by atoms with Gasteiger partial charge in [0.2, 0.25) is 0 Å². The third-order valence-corrected chi connectivity index (χ3v) is 5.39. The fourth-order valence-electron chi connectivity index (χ4n) is 3.61. The molecule has 0 aromatic heterocycles. The van der Waals surface area contributed by atoms with Crippen LogP contribution < -0.4 is 0 Å². The first-order valence-electron chi connectivity index (χ1n) is 6.85. The Morgan fingerprint density at radius 1 is 1.32 bits per heavy atom. The van der Waals surface area contributed by atoms with Gasteiger partial charge in [-0.1, -0.05) is 0 Å². The fraction of sp³-hybridized carbons (Fsp3) is 0.800. The highest BCUT2D eigenvalue weighted by Gasteiger charge is 2.64. The molecule has 2 rings (SSSR count). The summed E-state index contributed by atoms with van der Waals surface area (Å²) in [5, 5.41) is 31.7. The molecule has 0 amide bonds. The molecule has 3 N–H and O–H groups in total. The normalized spacial score (nSPS) is 47.1. The van der Waals surface area contributed by atoms with E-state index >= 15 is 0 Å². The van der Waals surface area contributed by atoms with E-state index in [2.05, 4.69) is 0 Å². The van der Waals surface area contributed by atoms with Gasteiger partial charge in [0.15, 0.2) is 5.78 Å². The summed E-state index contributed by atoms with van der Waals surface area (Å²) in [5.41, 5.74) is -4.90. The van der Waals surface area contributed by atoms with Crippen molar-refractivity contribution in [1.29, 1.82) is 0 Å². The Balaban J connectivity index is 2.48. The Kier molecular flexibility index (Phi) is 3.02. The molecule has 4 nitrogen and oxygen atoms in total. The van der Waals surface area contributed by atoms with Crippen molar-refractivity contribution in [1.82, 2.24) is 0 Å². The summed E-state index contributed by atoms with van der Waals surface area (Å²) in [7, 11) is 0. The van der Waals surface area contributed by atoms with E-state index in [1.165, 1.54) is 19.1 Å². The van der Waals surface area contributed by atoms with E-state index in [0.717, 1.165) is 0 Å². The van der Waals surface area contributed by atoms with Gasteiger partial charge in [0, 0.05) is 0 Å². The molecule has 4 atom stereocenters. The Bertz CT molecular complexity index is 432. The van der Waals surface area contributed by atoms with E-state index in [4.69, 9.17) is 0 Å². The predicted molar refractivity (Wildman–Crippen MR) is 71.5 cm³/mol. The molecule has 2 aliphatic carbocycles. The first-order chi connectivity index (χ1) is 8.44. The van der Waals surface area contributed by atoms with Crippen LogP contribution in [0.4, 0.5) is 0 Å². The minimum absolute atomic E-state index is 0.142. The van der Waals surface area contributed by atoms with Crippen LogP contribution in [-0.2, 0) is 4.79 Å². The van der Waals surface area contributed by atoms with Gasteiger partial charge in [-0.15, -0.1) is 0 Å². The van der Waals surface area contributed by atoms with Crippen molar-refractivity contribution in [2.45, 2.75) is 63.8 Å². The van der Waals surface area contributed by atoms with E-state index < -0.39 is 22.2 Å². The lowest BCUT2D eigenvalue weighted by molar-refractivity contribution is -0.223. The van der Waals surface area contributed by atoms with E-state index in [9.17, 15) is 20.1 Å². The minimum Gasteiger partial charge on any atom is -0.390 e. The van der Waals surface area contributed by atoms with E-state index in [1.807, 2.05) is 0 Å². The number of carbonyl (C=O) groups is 1. The zero-order chi connectivity index (χ0) is 14.7. The first kappa shape index (κ1) is 14.7. The lowest BCUT2D eigenvalue weighted by Gasteiger charge is -2.58. The van der Waals surface area contributed by atoms with Gasteiger partial charge in [0.25, 0.3) is 0 Å². The van der Waals surface area contributed by atoms with Gasteiger partial charge in [0.1, 0.15) is 11.2 Å². The zero-order valence-corrected chi connectivity index (χ0v) is 12.1. The Labute approximate surface area is 114 Å². The van der Waals surface area contributed by atoms with Gasteiger partial charge < -0.3 is 15.3 Å².